The molecule has 6 rings (SSSR count). The molecule has 6 heteroatoms. The minimum Gasteiger partial charge on any atom is -0.497 e. The van der Waals surface area contributed by atoms with Crippen LogP contribution in [0.2, 0.25) is 0 Å². The van der Waals surface area contributed by atoms with Gasteiger partial charge in [-0.15, -0.1) is 0 Å². The summed E-state index contributed by atoms with van der Waals surface area (Å²) in [7, 11) is 1.66. The number of fused-ring (bicyclic) bond motifs is 2. The number of nitrogens with zero attached hydrogens (tertiary/aromatic N) is 3. The van der Waals surface area contributed by atoms with E-state index in [2.05, 4.69) is 16.4 Å². The van der Waals surface area contributed by atoms with Gasteiger partial charge in [0.05, 0.1) is 24.0 Å². The number of pyridine rings is 1. The molecule has 0 atom stereocenters. The van der Waals surface area contributed by atoms with E-state index < -0.39 is 0 Å². The van der Waals surface area contributed by atoms with E-state index in [-0.39, 0.29) is 5.91 Å². The fourth-order valence-corrected chi connectivity index (χ4v) is 4.71. The number of benzene rings is 4. The molecule has 1 aliphatic heterocycles. The van der Waals surface area contributed by atoms with Crippen molar-refractivity contribution in [3.8, 4) is 5.75 Å². The zero-order valence-electron chi connectivity index (χ0n) is 20.5. The standard InChI is InChI=1S/C31H26N4O2/c1-37-28-17-14-23-20-24-18-19-34(30(24)32-29(23)21-28)25-15-12-22(13-16-25)31(36)33-35(26-8-4-2-5-9-26)27-10-6-3-7-11-27/h2-17,20-21H,18-19H2,1H3,(H,33,36). The topological polar surface area (TPSA) is 57.7 Å². The minimum absolute atomic E-state index is 0.183. The van der Waals surface area contributed by atoms with E-state index in [9.17, 15) is 4.79 Å². The molecule has 0 aliphatic carbocycles. The van der Waals surface area contributed by atoms with Crippen LogP contribution in [0.5, 0.6) is 5.75 Å². The Hall–Kier alpha value is -4.84. The number of para-hydroxylation sites is 2. The molecule has 1 aromatic heterocycles. The van der Waals surface area contributed by atoms with Crippen LogP contribution < -0.4 is 20.1 Å². The Labute approximate surface area is 215 Å². The van der Waals surface area contributed by atoms with Gasteiger partial charge in [-0.25, -0.2) is 4.98 Å². The molecule has 5 aromatic rings. The molecule has 0 saturated carbocycles. The molecule has 37 heavy (non-hydrogen) atoms. The molecule has 0 saturated heterocycles. The summed E-state index contributed by atoms with van der Waals surface area (Å²) < 4.78 is 5.38. The van der Waals surface area contributed by atoms with E-state index in [1.54, 1.807) is 12.1 Å². The summed E-state index contributed by atoms with van der Waals surface area (Å²) >= 11 is 0. The molecule has 6 nitrogen and oxygen atoms in total. The smallest absolute Gasteiger partial charge is 0.270 e. The number of carbonyl (C=O) groups excluding carboxylic acids is 1. The van der Waals surface area contributed by atoms with Crippen molar-refractivity contribution in [3.63, 3.8) is 0 Å². The number of hydrogen-bond donors (Lipinski definition) is 1. The van der Waals surface area contributed by atoms with Crippen molar-refractivity contribution in [2.24, 2.45) is 0 Å². The second-order valence-corrected chi connectivity index (χ2v) is 8.93. The highest BCUT2D eigenvalue weighted by Gasteiger charge is 2.23. The maximum atomic E-state index is 13.2. The molecular weight excluding hydrogens is 460 g/mol. The highest BCUT2D eigenvalue weighted by molar-refractivity contribution is 5.96. The fourth-order valence-electron chi connectivity index (χ4n) is 4.71. The molecular formula is C31H26N4O2. The number of rotatable bonds is 6. The number of nitrogens with one attached hydrogen (secondary N) is 1. The second kappa shape index (κ2) is 9.66. The van der Waals surface area contributed by atoms with Crippen molar-refractivity contribution in [3.05, 3.63) is 120 Å². The number of hydrazine groups is 1. The average molecular weight is 487 g/mol. The molecule has 0 fully saturated rings. The van der Waals surface area contributed by atoms with Crippen LogP contribution in [-0.4, -0.2) is 24.5 Å². The second-order valence-electron chi connectivity index (χ2n) is 8.93. The molecule has 1 N–H and O–H groups in total. The third-order valence-corrected chi connectivity index (χ3v) is 6.62. The molecule has 0 unspecified atom stereocenters. The van der Waals surface area contributed by atoms with Gasteiger partial charge in [0.25, 0.3) is 5.91 Å². The number of methoxy groups -OCH3 is 1. The Morgan fingerprint density at radius 1 is 0.865 bits per heavy atom. The first-order valence-electron chi connectivity index (χ1n) is 12.3. The van der Waals surface area contributed by atoms with Crippen molar-refractivity contribution in [2.45, 2.75) is 6.42 Å². The van der Waals surface area contributed by atoms with Crippen LogP contribution in [0.3, 0.4) is 0 Å². The van der Waals surface area contributed by atoms with Gasteiger partial charge in [-0.3, -0.25) is 15.2 Å². The zero-order chi connectivity index (χ0) is 25.2. The van der Waals surface area contributed by atoms with Gasteiger partial charge in [-0.1, -0.05) is 36.4 Å². The Bertz CT molecular complexity index is 1510. The lowest BCUT2D eigenvalue weighted by Crippen LogP contribution is -2.38. The van der Waals surface area contributed by atoms with Crippen molar-refractivity contribution in [1.82, 2.24) is 10.4 Å². The fraction of sp³-hybridized carbons (Fsp3) is 0.0968. The molecule has 0 bridgehead atoms. The summed E-state index contributed by atoms with van der Waals surface area (Å²) in [5.41, 5.74) is 8.53. The van der Waals surface area contributed by atoms with E-state index in [1.165, 1.54) is 5.56 Å². The average Bonchev–Trinajstić information content (AvgIpc) is 3.38. The predicted molar refractivity (Wildman–Crippen MR) is 148 cm³/mol. The Kier molecular flexibility index (Phi) is 5.91. The molecule has 182 valence electrons. The molecule has 0 radical (unpaired) electrons. The zero-order valence-corrected chi connectivity index (χ0v) is 20.5. The van der Waals surface area contributed by atoms with Gasteiger partial charge in [0.15, 0.2) is 0 Å². The van der Waals surface area contributed by atoms with Crippen LogP contribution in [0.4, 0.5) is 22.9 Å². The predicted octanol–water partition coefficient (Wildman–Crippen LogP) is 6.42. The van der Waals surface area contributed by atoms with Gasteiger partial charge in [-0.05, 0) is 78.7 Å². The van der Waals surface area contributed by atoms with E-state index in [0.717, 1.165) is 52.5 Å². The third kappa shape index (κ3) is 4.45. The molecule has 0 spiro atoms. The maximum Gasteiger partial charge on any atom is 0.270 e. The van der Waals surface area contributed by atoms with E-state index >= 15 is 0 Å². The van der Waals surface area contributed by atoms with Crippen LogP contribution in [-0.2, 0) is 6.42 Å². The number of amides is 1. The molecule has 4 aromatic carbocycles. The van der Waals surface area contributed by atoms with Crippen LogP contribution in [0, 0.1) is 0 Å². The molecule has 1 aliphatic rings. The summed E-state index contributed by atoms with van der Waals surface area (Å²) in [6.45, 7) is 0.844. The molecule has 2 heterocycles. The Balaban J connectivity index is 1.25. The summed E-state index contributed by atoms with van der Waals surface area (Å²) in [6, 6.07) is 35.5. The summed E-state index contributed by atoms with van der Waals surface area (Å²) in [5, 5.41) is 2.91. The van der Waals surface area contributed by atoms with E-state index in [4.69, 9.17) is 9.72 Å². The monoisotopic (exact) mass is 486 g/mol. The highest BCUT2D eigenvalue weighted by Crippen LogP contribution is 2.35. The normalized spacial score (nSPS) is 12.3. The van der Waals surface area contributed by atoms with Crippen LogP contribution in [0.25, 0.3) is 10.9 Å². The van der Waals surface area contributed by atoms with Crippen LogP contribution in [0.15, 0.2) is 109 Å². The number of hydrogen-bond acceptors (Lipinski definition) is 5. The van der Waals surface area contributed by atoms with Crippen LogP contribution in [0.1, 0.15) is 15.9 Å². The van der Waals surface area contributed by atoms with Crippen molar-refractivity contribution in [2.75, 3.05) is 23.6 Å². The van der Waals surface area contributed by atoms with Crippen molar-refractivity contribution < 1.29 is 9.53 Å². The highest BCUT2D eigenvalue weighted by atomic mass is 16.5. The van der Waals surface area contributed by atoms with E-state index in [1.807, 2.05) is 103 Å². The van der Waals surface area contributed by atoms with Gasteiger partial charge in [-0.2, -0.15) is 0 Å². The lowest BCUT2D eigenvalue weighted by atomic mass is 10.1. The largest absolute Gasteiger partial charge is 0.497 e. The number of aromatic nitrogens is 1. The third-order valence-electron chi connectivity index (χ3n) is 6.62. The number of anilines is 4. The van der Waals surface area contributed by atoms with Gasteiger partial charge < -0.3 is 9.64 Å². The first-order chi connectivity index (χ1) is 18.2. The maximum absolute atomic E-state index is 13.2. The Morgan fingerprint density at radius 2 is 1.54 bits per heavy atom. The quantitative estimate of drug-likeness (QED) is 0.281. The van der Waals surface area contributed by atoms with E-state index in [0.29, 0.717) is 5.56 Å². The van der Waals surface area contributed by atoms with Gasteiger partial charge in [0.2, 0.25) is 0 Å². The first kappa shape index (κ1) is 22.6. The molecule has 1 amide bonds. The van der Waals surface area contributed by atoms with Gasteiger partial charge in [0.1, 0.15) is 11.6 Å². The lowest BCUT2D eigenvalue weighted by Gasteiger charge is -2.25. The van der Waals surface area contributed by atoms with Gasteiger partial charge >= 0.3 is 0 Å². The van der Waals surface area contributed by atoms with Gasteiger partial charge in [0, 0.05) is 29.2 Å². The minimum atomic E-state index is -0.183. The number of ether oxygens (including phenoxy) is 1. The Morgan fingerprint density at radius 3 is 2.19 bits per heavy atom. The van der Waals surface area contributed by atoms with Crippen LogP contribution >= 0.6 is 0 Å². The summed E-state index contributed by atoms with van der Waals surface area (Å²) in [5.74, 6) is 1.56. The van der Waals surface area contributed by atoms with Crippen molar-refractivity contribution >= 4 is 39.7 Å². The lowest BCUT2D eigenvalue weighted by molar-refractivity contribution is 0.0953. The SMILES string of the molecule is COc1ccc2cc3c(nc2c1)N(c1ccc(C(=O)NN(c2ccccc2)c2ccccc2)cc1)CC3. The first-order valence-corrected chi connectivity index (χ1v) is 12.3. The summed E-state index contributed by atoms with van der Waals surface area (Å²) in [4.78, 5) is 20.4. The number of carbonyl (C=O) groups is 1. The summed E-state index contributed by atoms with van der Waals surface area (Å²) in [6.07, 6.45) is 0.926. The van der Waals surface area contributed by atoms with Crippen molar-refractivity contribution in [1.29, 1.82) is 0 Å².